The zero-order chi connectivity index (χ0) is 11.7. The second kappa shape index (κ2) is 4.86. The molecule has 2 unspecified atom stereocenters. The molecular formula is C12H16ClNOS. The van der Waals surface area contributed by atoms with E-state index in [0.29, 0.717) is 10.3 Å². The van der Waals surface area contributed by atoms with Gasteiger partial charge in [0, 0.05) is 6.54 Å². The highest BCUT2D eigenvalue weighted by Gasteiger charge is 2.28. The molecule has 1 fully saturated rings. The normalized spacial score (nSPS) is 23.6. The molecule has 16 heavy (non-hydrogen) atoms. The Hall–Kier alpha value is -0.380. The van der Waals surface area contributed by atoms with E-state index in [-0.39, 0.29) is 11.8 Å². The molecule has 0 radical (unpaired) electrons. The minimum absolute atomic E-state index is 0.0142. The number of carbonyl (C=O) groups is 1. The molecule has 1 aromatic rings. The van der Waals surface area contributed by atoms with Gasteiger partial charge in [-0.1, -0.05) is 18.5 Å². The molecule has 0 amide bonds. The van der Waals surface area contributed by atoms with Crippen LogP contribution >= 0.6 is 22.9 Å². The van der Waals surface area contributed by atoms with Crippen LogP contribution in [-0.4, -0.2) is 29.8 Å². The zero-order valence-electron chi connectivity index (χ0n) is 9.57. The van der Waals surface area contributed by atoms with Gasteiger partial charge in [0.25, 0.3) is 0 Å². The lowest BCUT2D eigenvalue weighted by molar-refractivity contribution is 0.0868. The quantitative estimate of drug-likeness (QED) is 0.775. The van der Waals surface area contributed by atoms with Crippen LogP contribution in [0.1, 0.15) is 29.9 Å². The fraction of sp³-hybridized carbons (Fsp3) is 0.583. The summed E-state index contributed by atoms with van der Waals surface area (Å²) in [5, 5.41) is 0. The predicted octanol–water partition coefficient (Wildman–Crippen LogP) is 3.31. The molecule has 2 rings (SSSR count). The predicted molar refractivity (Wildman–Crippen MR) is 68.5 cm³/mol. The van der Waals surface area contributed by atoms with Gasteiger partial charge in [0.1, 0.15) is 0 Å². The lowest BCUT2D eigenvalue weighted by Crippen LogP contribution is -2.37. The fourth-order valence-electron chi connectivity index (χ4n) is 2.14. The van der Waals surface area contributed by atoms with Crippen molar-refractivity contribution in [2.45, 2.75) is 26.3 Å². The highest BCUT2D eigenvalue weighted by Crippen LogP contribution is 2.25. The van der Waals surface area contributed by atoms with E-state index in [4.69, 9.17) is 11.6 Å². The van der Waals surface area contributed by atoms with Crippen molar-refractivity contribution in [2.75, 3.05) is 13.1 Å². The van der Waals surface area contributed by atoms with Crippen LogP contribution in [0.15, 0.2) is 12.1 Å². The fourth-order valence-corrected chi connectivity index (χ4v) is 3.21. The van der Waals surface area contributed by atoms with Gasteiger partial charge in [-0.25, -0.2) is 0 Å². The van der Waals surface area contributed by atoms with Crippen molar-refractivity contribution in [2.24, 2.45) is 5.92 Å². The molecule has 88 valence electrons. The molecule has 0 aromatic carbocycles. The minimum atomic E-state index is -0.0142. The number of Topliss-reactive ketones (excluding diaryl/α,β-unsaturated/α-hetero) is 1. The van der Waals surface area contributed by atoms with Crippen molar-refractivity contribution in [3.63, 3.8) is 0 Å². The van der Waals surface area contributed by atoms with Gasteiger partial charge >= 0.3 is 0 Å². The summed E-state index contributed by atoms with van der Waals surface area (Å²) >= 11 is 7.22. The van der Waals surface area contributed by atoms with Crippen molar-refractivity contribution in [3.8, 4) is 0 Å². The van der Waals surface area contributed by atoms with Gasteiger partial charge in [-0.05, 0) is 37.9 Å². The molecule has 2 atom stereocenters. The number of likely N-dealkylation sites (tertiary alicyclic amines) is 1. The van der Waals surface area contributed by atoms with Crippen LogP contribution in [0.25, 0.3) is 0 Å². The average Bonchev–Trinajstić information content (AvgIpc) is 2.85. The van der Waals surface area contributed by atoms with Crippen LogP contribution in [0.4, 0.5) is 0 Å². The lowest BCUT2D eigenvalue weighted by atomic mass is 10.1. The summed E-state index contributed by atoms with van der Waals surface area (Å²) in [4.78, 5) is 15.2. The molecule has 4 heteroatoms. The van der Waals surface area contributed by atoms with E-state index >= 15 is 0 Å². The molecule has 1 saturated heterocycles. The Labute approximate surface area is 105 Å². The Morgan fingerprint density at radius 1 is 1.62 bits per heavy atom. The van der Waals surface area contributed by atoms with Crippen molar-refractivity contribution in [1.29, 1.82) is 0 Å². The van der Waals surface area contributed by atoms with Crippen LogP contribution in [0.2, 0.25) is 4.34 Å². The maximum atomic E-state index is 12.2. The van der Waals surface area contributed by atoms with Crippen LogP contribution in [0.3, 0.4) is 0 Å². The van der Waals surface area contributed by atoms with Crippen LogP contribution < -0.4 is 0 Å². The smallest absolute Gasteiger partial charge is 0.189 e. The van der Waals surface area contributed by atoms with Gasteiger partial charge in [0.2, 0.25) is 0 Å². The van der Waals surface area contributed by atoms with Crippen molar-refractivity contribution >= 4 is 28.7 Å². The van der Waals surface area contributed by atoms with Gasteiger partial charge in [-0.2, -0.15) is 0 Å². The standard InChI is InChI=1S/C12H16ClNOS/c1-8-5-6-14(7-8)9(2)12(15)10-3-4-11(13)16-10/h3-4,8-9H,5-7H2,1-2H3. The molecule has 2 nitrogen and oxygen atoms in total. The van der Waals surface area contributed by atoms with E-state index in [2.05, 4.69) is 11.8 Å². The first-order valence-corrected chi connectivity index (χ1v) is 6.81. The molecular weight excluding hydrogens is 242 g/mol. The Morgan fingerprint density at radius 2 is 2.38 bits per heavy atom. The number of thiophene rings is 1. The van der Waals surface area contributed by atoms with E-state index in [9.17, 15) is 4.79 Å². The van der Waals surface area contributed by atoms with E-state index in [0.717, 1.165) is 18.0 Å². The number of carbonyl (C=O) groups excluding carboxylic acids is 1. The third-order valence-electron chi connectivity index (χ3n) is 3.20. The number of nitrogens with zero attached hydrogens (tertiary/aromatic N) is 1. The maximum Gasteiger partial charge on any atom is 0.189 e. The summed E-state index contributed by atoms with van der Waals surface area (Å²) in [5.41, 5.74) is 0. The van der Waals surface area contributed by atoms with Gasteiger partial charge in [0.05, 0.1) is 15.3 Å². The number of hydrogen-bond donors (Lipinski definition) is 0. The summed E-state index contributed by atoms with van der Waals surface area (Å²) in [6.45, 7) is 6.30. The van der Waals surface area contributed by atoms with Crippen molar-refractivity contribution in [1.82, 2.24) is 4.90 Å². The maximum absolute atomic E-state index is 12.2. The molecule has 0 bridgehead atoms. The summed E-state index contributed by atoms with van der Waals surface area (Å²) in [5.74, 6) is 0.910. The van der Waals surface area contributed by atoms with Crippen molar-refractivity contribution < 1.29 is 4.79 Å². The summed E-state index contributed by atoms with van der Waals surface area (Å²) < 4.78 is 0.685. The Kier molecular flexibility index (Phi) is 3.67. The van der Waals surface area contributed by atoms with Gasteiger partial charge < -0.3 is 0 Å². The van der Waals surface area contributed by atoms with E-state index in [1.54, 1.807) is 6.07 Å². The summed E-state index contributed by atoms with van der Waals surface area (Å²) in [6.07, 6.45) is 1.20. The molecule has 2 heterocycles. The Balaban J connectivity index is 2.04. The number of rotatable bonds is 3. The number of hydrogen-bond acceptors (Lipinski definition) is 3. The van der Waals surface area contributed by atoms with E-state index in [1.807, 2.05) is 13.0 Å². The highest BCUT2D eigenvalue weighted by molar-refractivity contribution is 7.18. The largest absolute Gasteiger partial charge is 0.293 e. The third-order valence-corrected chi connectivity index (χ3v) is 4.44. The zero-order valence-corrected chi connectivity index (χ0v) is 11.1. The summed E-state index contributed by atoms with van der Waals surface area (Å²) in [7, 11) is 0. The third kappa shape index (κ3) is 2.47. The van der Waals surface area contributed by atoms with E-state index in [1.165, 1.54) is 17.8 Å². The van der Waals surface area contributed by atoms with Gasteiger partial charge in [-0.15, -0.1) is 11.3 Å². The van der Waals surface area contributed by atoms with Gasteiger partial charge in [-0.3, -0.25) is 9.69 Å². The monoisotopic (exact) mass is 257 g/mol. The SMILES string of the molecule is CC1CCN(C(C)C(=O)c2ccc(Cl)s2)C1. The van der Waals surface area contributed by atoms with E-state index < -0.39 is 0 Å². The minimum Gasteiger partial charge on any atom is -0.293 e. The molecule has 0 spiro atoms. The molecule has 1 aromatic heterocycles. The Morgan fingerprint density at radius 3 is 2.88 bits per heavy atom. The van der Waals surface area contributed by atoms with Gasteiger partial charge in [0.15, 0.2) is 5.78 Å². The first-order chi connectivity index (χ1) is 7.58. The van der Waals surface area contributed by atoms with Crippen molar-refractivity contribution in [3.05, 3.63) is 21.3 Å². The topological polar surface area (TPSA) is 20.3 Å². The lowest BCUT2D eigenvalue weighted by Gasteiger charge is -2.22. The Bertz CT molecular complexity index is 390. The second-order valence-corrected chi connectivity index (χ2v) is 6.25. The molecule has 0 aliphatic carbocycles. The molecule has 0 N–H and O–H groups in total. The number of halogens is 1. The highest BCUT2D eigenvalue weighted by atomic mass is 35.5. The summed E-state index contributed by atoms with van der Waals surface area (Å²) in [6, 6.07) is 3.60. The molecule has 1 aliphatic rings. The van der Waals surface area contributed by atoms with Crippen LogP contribution in [-0.2, 0) is 0 Å². The molecule has 0 saturated carbocycles. The number of ketones is 1. The second-order valence-electron chi connectivity index (χ2n) is 4.53. The molecule has 1 aliphatic heterocycles. The first kappa shape index (κ1) is 12.1. The average molecular weight is 258 g/mol. The van der Waals surface area contributed by atoms with Crippen LogP contribution in [0.5, 0.6) is 0 Å². The van der Waals surface area contributed by atoms with Crippen LogP contribution in [0, 0.1) is 5.92 Å². The first-order valence-electron chi connectivity index (χ1n) is 5.61.